The van der Waals surface area contributed by atoms with Crippen molar-refractivity contribution in [3.8, 4) is 0 Å². The monoisotopic (exact) mass is 312 g/mol. The Morgan fingerprint density at radius 1 is 1.20 bits per heavy atom. The van der Waals surface area contributed by atoms with Crippen LogP contribution in [0.3, 0.4) is 0 Å². The molecular formula is C16H22Cl2N2. The van der Waals surface area contributed by atoms with Gasteiger partial charge < -0.3 is 5.32 Å². The zero-order valence-electron chi connectivity index (χ0n) is 11.9. The largest absolute Gasteiger partial charge is 0.314 e. The summed E-state index contributed by atoms with van der Waals surface area (Å²) < 4.78 is 0. The number of nitrogens with one attached hydrogen (secondary N) is 1. The van der Waals surface area contributed by atoms with Crippen LogP contribution < -0.4 is 5.32 Å². The van der Waals surface area contributed by atoms with Gasteiger partial charge in [-0.2, -0.15) is 0 Å². The Bertz CT molecular complexity index is 453. The molecule has 1 saturated heterocycles. The van der Waals surface area contributed by atoms with Crippen molar-refractivity contribution in [1.29, 1.82) is 0 Å². The van der Waals surface area contributed by atoms with Crippen molar-refractivity contribution in [3.05, 3.63) is 33.8 Å². The number of hydrogen-bond donors (Lipinski definition) is 1. The molecule has 2 unspecified atom stereocenters. The van der Waals surface area contributed by atoms with Gasteiger partial charge in [0.2, 0.25) is 0 Å². The van der Waals surface area contributed by atoms with Crippen LogP contribution in [0.2, 0.25) is 10.0 Å². The normalized spacial score (nSPS) is 27.8. The van der Waals surface area contributed by atoms with Gasteiger partial charge in [0.25, 0.3) is 0 Å². The third-order valence-electron chi connectivity index (χ3n) is 4.55. The Labute approximate surface area is 131 Å². The molecule has 0 bridgehead atoms. The molecule has 0 spiro atoms. The third kappa shape index (κ3) is 3.14. The minimum atomic E-state index is 0.330. The van der Waals surface area contributed by atoms with Crippen molar-refractivity contribution in [2.45, 2.75) is 37.8 Å². The molecule has 1 aromatic carbocycles. The van der Waals surface area contributed by atoms with Crippen molar-refractivity contribution in [2.24, 2.45) is 5.92 Å². The van der Waals surface area contributed by atoms with Gasteiger partial charge in [-0.25, -0.2) is 0 Å². The lowest BCUT2D eigenvalue weighted by Gasteiger charge is -2.40. The van der Waals surface area contributed by atoms with Crippen LogP contribution >= 0.6 is 23.2 Å². The molecule has 2 atom stereocenters. The number of piperidine rings is 1. The summed E-state index contributed by atoms with van der Waals surface area (Å²) in [7, 11) is 2.19. The standard InChI is InChI=1S/C16H22Cl2N2/c1-20-9-3-4-11(10-19-12-7-8-12)16(20)15-13(17)5-2-6-14(15)18/h2,5-6,11-12,16,19H,3-4,7-10H2,1H3. The first-order valence-electron chi connectivity index (χ1n) is 7.54. The van der Waals surface area contributed by atoms with E-state index in [1.165, 1.54) is 25.7 Å². The topological polar surface area (TPSA) is 15.3 Å². The highest BCUT2D eigenvalue weighted by atomic mass is 35.5. The maximum atomic E-state index is 6.44. The van der Waals surface area contributed by atoms with Crippen LogP contribution in [0.4, 0.5) is 0 Å². The molecule has 20 heavy (non-hydrogen) atoms. The third-order valence-corrected chi connectivity index (χ3v) is 5.21. The van der Waals surface area contributed by atoms with Crippen LogP contribution in [0.5, 0.6) is 0 Å². The predicted octanol–water partition coefficient (Wildman–Crippen LogP) is 4.13. The first-order chi connectivity index (χ1) is 9.66. The molecular weight excluding hydrogens is 291 g/mol. The van der Waals surface area contributed by atoms with Gasteiger partial charge in [0.15, 0.2) is 0 Å². The molecule has 110 valence electrons. The quantitative estimate of drug-likeness (QED) is 0.899. The van der Waals surface area contributed by atoms with Gasteiger partial charge in [-0.15, -0.1) is 0 Å². The van der Waals surface area contributed by atoms with Crippen LogP contribution in [0.25, 0.3) is 0 Å². The number of halogens is 2. The van der Waals surface area contributed by atoms with Crippen LogP contribution in [0.15, 0.2) is 18.2 Å². The summed E-state index contributed by atoms with van der Waals surface area (Å²) in [5, 5.41) is 5.27. The molecule has 1 aromatic rings. The van der Waals surface area contributed by atoms with Gasteiger partial charge in [0.05, 0.1) is 0 Å². The lowest BCUT2D eigenvalue weighted by Crippen LogP contribution is -2.41. The Morgan fingerprint density at radius 2 is 1.90 bits per heavy atom. The fraction of sp³-hybridized carbons (Fsp3) is 0.625. The molecule has 1 N–H and O–H groups in total. The second-order valence-corrected chi connectivity index (χ2v) is 6.96. The molecule has 2 fully saturated rings. The summed E-state index contributed by atoms with van der Waals surface area (Å²) in [5.41, 5.74) is 1.11. The highest BCUT2D eigenvalue weighted by Gasteiger charge is 2.34. The molecule has 2 aliphatic rings. The Morgan fingerprint density at radius 3 is 2.55 bits per heavy atom. The van der Waals surface area contributed by atoms with E-state index in [4.69, 9.17) is 23.2 Å². The Hall–Kier alpha value is -0.280. The van der Waals surface area contributed by atoms with E-state index in [1.54, 1.807) is 0 Å². The molecule has 0 aromatic heterocycles. The lowest BCUT2D eigenvalue weighted by atomic mass is 9.84. The van der Waals surface area contributed by atoms with Crippen molar-refractivity contribution in [2.75, 3.05) is 20.1 Å². The van der Waals surface area contributed by atoms with Crippen LogP contribution in [0, 0.1) is 5.92 Å². The number of benzene rings is 1. The average Bonchev–Trinajstić information content (AvgIpc) is 3.22. The highest BCUT2D eigenvalue weighted by Crippen LogP contribution is 2.41. The smallest absolute Gasteiger partial charge is 0.0468 e. The maximum absolute atomic E-state index is 6.44. The van der Waals surface area contributed by atoms with Crippen LogP contribution in [-0.4, -0.2) is 31.1 Å². The Balaban J connectivity index is 1.84. The number of likely N-dealkylation sites (tertiary alicyclic amines) is 1. The van der Waals surface area contributed by atoms with Crippen molar-refractivity contribution in [3.63, 3.8) is 0 Å². The van der Waals surface area contributed by atoms with E-state index in [-0.39, 0.29) is 0 Å². The zero-order valence-corrected chi connectivity index (χ0v) is 13.4. The molecule has 1 aliphatic carbocycles. The predicted molar refractivity (Wildman–Crippen MR) is 85.6 cm³/mol. The summed E-state index contributed by atoms with van der Waals surface area (Å²) >= 11 is 12.9. The van der Waals surface area contributed by atoms with Gasteiger partial charge >= 0.3 is 0 Å². The van der Waals surface area contributed by atoms with Gasteiger partial charge in [-0.05, 0) is 57.3 Å². The van der Waals surface area contributed by atoms with E-state index in [0.29, 0.717) is 12.0 Å². The van der Waals surface area contributed by atoms with E-state index in [2.05, 4.69) is 17.3 Å². The lowest BCUT2D eigenvalue weighted by molar-refractivity contribution is 0.119. The molecule has 0 radical (unpaired) electrons. The number of nitrogens with zero attached hydrogens (tertiary/aromatic N) is 1. The first-order valence-corrected chi connectivity index (χ1v) is 8.30. The van der Waals surface area contributed by atoms with Crippen LogP contribution in [0.1, 0.15) is 37.3 Å². The minimum absolute atomic E-state index is 0.330. The summed E-state index contributed by atoms with van der Waals surface area (Å²) in [6.45, 7) is 2.19. The second-order valence-electron chi connectivity index (χ2n) is 6.15. The van der Waals surface area contributed by atoms with Crippen molar-refractivity contribution < 1.29 is 0 Å². The molecule has 1 aliphatic heterocycles. The van der Waals surface area contributed by atoms with Crippen LogP contribution in [-0.2, 0) is 0 Å². The molecule has 3 rings (SSSR count). The van der Waals surface area contributed by atoms with E-state index >= 15 is 0 Å². The summed E-state index contributed by atoms with van der Waals surface area (Å²) in [6.07, 6.45) is 5.17. The molecule has 1 saturated carbocycles. The molecule has 1 heterocycles. The minimum Gasteiger partial charge on any atom is -0.314 e. The van der Waals surface area contributed by atoms with Gasteiger partial charge in [0.1, 0.15) is 0 Å². The zero-order chi connectivity index (χ0) is 14.1. The van der Waals surface area contributed by atoms with Crippen molar-refractivity contribution >= 4 is 23.2 Å². The van der Waals surface area contributed by atoms with Gasteiger partial charge in [-0.3, -0.25) is 4.90 Å². The van der Waals surface area contributed by atoms with Crippen molar-refractivity contribution in [1.82, 2.24) is 10.2 Å². The Kier molecular flexibility index (Phi) is 4.56. The van der Waals surface area contributed by atoms with E-state index in [0.717, 1.165) is 34.7 Å². The second kappa shape index (κ2) is 6.23. The highest BCUT2D eigenvalue weighted by molar-refractivity contribution is 6.36. The van der Waals surface area contributed by atoms with E-state index in [1.807, 2.05) is 18.2 Å². The van der Waals surface area contributed by atoms with E-state index < -0.39 is 0 Å². The molecule has 4 heteroatoms. The number of hydrogen-bond acceptors (Lipinski definition) is 2. The molecule has 2 nitrogen and oxygen atoms in total. The number of rotatable bonds is 4. The van der Waals surface area contributed by atoms with Gasteiger partial charge in [0, 0.05) is 34.2 Å². The summed E-state index contributed by atoms with van der Waals surface area (Å²) in [4.78, 5) is 2.41. The summed E-state index contributed by atoms with van der Waals surface area (Å²) in [5.74, 6) is 0.590. The van der Waals surface area contributed by atoms with E-state index in [9.17, 15) is 0 Å². The SMILES string of the molecule is CN1CCCC(CNC2CC2)C1c1c(Cl)cccc1Cl. The fourth-order valence-corrected chi connectivity index (χ4v) is 3.95. The average molecular weight is 313 g/mol. The maximum Gasteiger partial charge on any atom is 0.0468 e. The molecule has 0 amide bonds. The first kappa shape index (κ1) is 14.6. The summed E-state index contributed by atoms with van der Waals surface area (Å²) in [6, 6.07) is 6.92. The van der Waals surface area contributed by atoms with Gasteiger partial charge in [-0.1, -0.05) is 29.3 Å². The fourth-order valence-electron chi connectivity index (χ4n) is 3.33.